The van der Waals surface area contributed by atoms with Gasteiger partial charge in [-0.05, 0) is 73.5 Å². The highest BCUT2D eigenvalue weighted by molar-refractivity contribution is 6.04. The highest BCUT2D eigenvalue weighted by Gasteiger charge is 2.09. The molecule has 0 radical (unpaired) electrons. The Kier molecular flexibility index (Phi) is 6.70. The van der Waals surface area contributed by atoms with Crippen molar-refractivity contribution >= 4 is 23.2 Å². The first kappa shape index (κ1) is 20.9. The number of anilines is 2. The van der Waals surface area contributed by atoms with Crippen LogP contribution in [0.2, 0.25) is 0 Å². The largest absolute Gasteiger partial charge is 0.497 e. The van der Waals surface area contributed by atoms with Crippen molar-refractivity contribution in [3.05, 3.63) is 83.4 Å². The summed E-state index contributed by atoms with van der Waals surface area (Å²) in [6, 6.07) is 19.6. The van der Waals surface area contributed by atoms with Crippen molar-refractivity contribution in [2.45, 2.75) is 13.8 Å². The van der Waals surface area contributed by atoms with Crippen molar-refractivity contribution in [1.82, 2.24) is 0 Å². The van der Waals surface area contributed by atoms with E-state index in [1.807, 2.05) is 32.0 Å². The minimum absolute atomic E-state index is 0.147. The smallest absolute Gasteiger partial charge is 0.262 e. The molecule has 30 heavy (non-hydrogen) atoms. The van der Waals surface area contributed by atoms with Crippen LogP contribution in [0.15, 0.2) is 66.7 Å². The number of carbonyl (C=O) groups excluding carboxylic acids is 2. The van der Waals surface area contributed by atoms with Gasteiger partial charge >= 0.3 is 0 Å². The van der Waals surface area contributed by atoms with E-state index in [2.05, 4.69) is 10.6 Å². The van der Waals surface area contributed by atoms with E-state index in [4.69, 9.17) is 9.47 Å². The van der Waals surface area contributed by atoms with Gasteiger partial charge in [-0.2, -0.15) is 0 Å². The van der Waals surface area contributed by atoms with E-state index in [9.17, 15) is 9.59 Å². The first-order valence-electron chi connectivity index (χ1n) is 9.49. The Morgan fingerprint density at radius 1 is 0.800 bits per heavy atom. The van der Waals surface area contributed by atoms with Gasteiger partial charge in [0, 0.05) is 23.0 Å². The van der Waals surface area contributed by atoms with Gasteiger partial charge in [0.05, 0.1) is 7.11 Å². The SMILES string of the molecule is COc1cccc(NC(=O)COc2ccc(C(=O)Nc3cc(C)cc(C)c3)cc2)c1. The lowest BCUT2D eigenvalue weighted by molar-refractivity contribution is -0.118. The Hall–Kier alpha value is -3.80. The normalized spacial score (nSPS) is 10.2. The van der Waals surface area contributed by atoms with Gasteiger partial charge in [-0.25, -0.2) is 0 Å². The zero-order chi connectivity index (χ0) is 21.5. The van der Waals surface area contributed by atoms with Crippen molar-refractivity contribution in [3.63, 3.8) is 0 Å². The molecule has 0 spiro atoms. The van der Waals surface area contributed by atoms with Crippen molar-refractivity contribution in [1.29, 1.82) is 0 Å². The van der Waals surface area contributed by atoms with E-state index in [1.54, 1.807) is 55.6 Å². The predicted octanol–water partition coefficient (Wildman–Crippen LogP) is 4.58. The molecule has 0 aliphatic heterocycles. The van der Waals surface area contributed by atoms with Gasteiger partial charge in [-0.3, -0.25) is 9.59 Å². The van der Waals surface area contributed by atoms with Crippen LogP contribution in [0.4, 0.5) is 11.4 Å². The second-order valence-corrected chi connectivity index (χ2v) is 6.92. The maximum absolute atomic E-state index is 12.4. The molecular weight excluding hydrogens is 380 g/mol. The summed E-state index contributed by atoms with van der Waals surface area (Å²) in [7, 11) is 1.57. The van der Waals surface area contributed by atoms with Crippen molar-refractivity contribution in [2.24, 2.45) is 0 Å². The van der Waals surface area contributed by atoms with E-state index in [-0.39, 0.29) is 18.4 Å². The summed E-state index contributed by atoms with van der Waals surface area (Å²) in [6.07, 6.45) is 0. The topological polar surface area (TPSA) is 76.7 Å². The number of amides is 2. The Morgan fingerprint density at radius 2 is 1.50 bits per heavy atom. The predicted molar refractivity (Wildman–Crippen MR) is 117 cm³/mol. The molecular formula is C24H24N2O4. The van der Waals surface area contributed by atoms with Gasteiger partial charge in [-0.1, -0.05) is 12.1 Å². The molecule has 0 saturated carbocycles. The average Bonchev–Trinajstić information content (AvgIpc) is 2.72. The number of nitrogens with one attached hydrogen (secondary N) is 2. The Morgan fingerprint density at radius 3 is 2.17 bits per heavy atom. The summed E-state index contributed by atoms with van der Waals surface area (Å²) in [5.74, 6) is 0.657. The molecule has 0 bridgehead atoms. The third kappa shape index (κ3) is 5.85. The standard InChI is InChI=1S/C24H24N2O4/c1-16-11-17(2)13-20(12-16)26-24(28)18-7-9-21(10-8-18)30-15-23(27)25-19-5-4-6-22(14-19)29-3/h4-14H,15H2,1-3H3,(H,25,27)(H,26,28). The van der Waals surface area contributed by atoms with Gasteiger partial charge in [0.25, 0.3) is 11.8 Å². The van der Waals surface area contributed by atoms with Gasteiger partial charge in [-0.15, -0.1) is 0 Å². The number of hydrogen-bond acceptors (Lipinski definition) is 4. The van der Waals surface area contributed by atoms with Crippen LogP contribution < -0.4 is 20.1 Å². The van der Waals surface area contributed by atoms with Gasteiger partial charge in [0.15, 0.2) is 6.61 Å². The van der Waals surface area contributed by atoms with Gasteiger partial charge in [0.1, 0.15) is 11.5 Å². The zero-order valence-corrected chi connectivity index (χ0v) is 17.2. The fourth-order valence-electron chi connectivity index (χ4n) is 3.00. The van der Waals surface area contributed by atoms with Crippen LogP contribution in [0.1, 0.15) is 21.5 Å². The molecule has 0 aromatic heterocycles. The molecule has 2 amide bonds. The highest BCUT2D eigenvalue weighted by atomic mass is 16.5. The van der Waals surface area contributed by atoms with Gasteiger partial charge < -0.3 is 20.1 Å². The third-order valence-corrected chi connectivity index (χ3v) is 4.32. The fourth-order valence-corrected chi connectivity index (χ4v) is 3.00. The average molecular weight is 404 g/mol. The number of carbonyl (C=O) groups is 2. The van der Waals surface area contributed by atoms with E-state index < -0.39 is 0 Å². The monoisotopic (exact) mass is 404 g/mol. The van der Waals surface area contributed by atoms with E-state index in [0.29, 0.717) is 22.7 Å². The number of aryl methyl sites for hydroxylation is 2. The number of rotatable bonds is 7. The highest BCUT2D eigenvalue weighted by Crippen LogP contribution is 2.18. The van der Waals surface area contributed by atoms with Crippen LogP contribution in [0, 0.1) is 13.8 Å². The maximum Gasteiger partial charge on any atom is 0.262 e. The summed E-state index contributed by atoms with van der Waals surface area (Å²) in [4.78, 5) is 24.5. The van der Waals surface area contributed by atoms with E-state index >= 15 is 0 Å². The lowest BCUT2D eigenvalue weighted by Gasteiger charge is -2.10. The van der Waals surface area contributed by atoms with Crippen molar-refractivity contribution in [2.75, 3.05) is 24.4 Å². The summed E-state index contributed by atoms with van der Waals surface area (Å²) in [6.45, 7) is 3.82. The van der Waals surface area contributed by atoms with E-state index in [1.165, 1.54) is 0 Å². The molecule has 2 N–H and O–H groups in total. The molecule has 3 aromatic carbocycles. The Balaban J connectivity index is 1.53. The molecule has 154 valence electrons. The second-order valence-electron chi connectivity index (χ2n) is 6.92. The van der Waals surface area contributed by atoms with Crippen molar-refractivity contribution in [3.8, 4) is 11.5 Å². The molecule has 0 atom stereocenters. The van der Waals surface area contributed by atoms with Crippen LogP contribution >= 0.6 is 0 Å². The quantitative estimate of drug-likeness (QED) is 0.604. The van der Waals surface area contributed by atoms with Crippen LogP contribution in [0.25, 0.3) is 0 Å². The maximum atomic E-state index is 12.4. The molecule has 3 aromatic rings. The lowest BCUT2D eigenvalue weighted by atomic mass is 10.1. The molecule has 0 fully saturated rings. The van der Waals surface area contributed by atoms with Crippen molar-refractivity contribution < 1.29 is 19.1 Å². The first-order chi connectivity index (χ1) is 14.4. The van der Waals surface area contributed by atoms with Gasteiger partial charge in [0.2, 0.25) is 0 Å². The molecule has 0 aliphatic carbocycles. The number of ether oxygens (including phenoxy) is 2. The minimum Gasteiger partial charge on any atom is -0.497 e. The fraction of sp³-hybridized carbons (Fsp3) is 0.167. The molecule has 6 heteroatoms. The molecule has 0 heterocycles. The number of benzene rings is 3. The number of methoxy groups -OCH3 is 1. The first-order valence-corrected chi connectivity index (χ1v) is 9.49. The van der Waals surface area contributed by atoms with Crippen LogP contribution in [0.3, 0.4) is 0 Å². The van der Waals surface area contributed by atoms with E-state index in [0.717, 1.165) is 16.8 Å². The second kappa shape index (κ2) is 9.60. The lowest BCUT2D eigenvalue weighted by Crippen LogP contribution is -2.20. The van der Waals surface area contributed by atoms with Crippen LogP contribution in [0.5, 0.6) is 11.5 Å². The molecule has 3 rings (SSSR count). The summed E-state index contributed by atoms with van der Waals surface area (Å²) in [5, 5.41) is 5.64. The zero-order valence-electron chi connectivity index (χ0n) is 17.2. The summed E-state index contributed by atoms with van der Waals surface area (Å²) in [5.41, 5.74) is 4.05. The molecule has 0 unspecified atom stereocenters. The minimum atomic E-state index is -0.292. The molecule has 6 nitrogen and oxygen atoms in total. The molecule has 0 saturated heterocycles. The Labute approximate surface area is 175 Å². The third-order valence-electron chi connectivity index (χ3n) is 4.32. The van der Waals surface area contributed by atoms with Crippen LogP contribution in [-0.4, -0.2) is 25.5 Å². The number of hydrogen-bond donors (Lipinski definition) is 2. The van der Waals surface area contributed by atoms with Crippen LogP contribution in [-0.2, 0) is 4.79 Å². The Bertz CT molecular complexity index is 1030. The molecule has 0 aliphatic rings. The summed E-state index contributed by atoms with van der Waals surface area (Å²) < 4.78 is 10.6. The summed E-state index contributed by atoms with van der Waals surface area (Å²) >= 11 is 0.